The van der Waals surface area contributed by atoms with Crippen molar-refractivity contribution in [2.45, 2.75) is 65.5 Å². The van der Waals surface area contributed by atoms with Gasteiger partial charge in [0.15, 0.2) is 0 Å². The minimum Gasteiger partial charge on any atom is -0.307 e. The SMILES string of the molecule is Cc1nc(C)c(C(C)NC(C)CC2CCC2)s1. The van der Waals surface area contributed by atoms with Gasteiger partial charge in [-0.2, -0.15) is 0 Å². The molecule has 96 valence electrons. The summed E-state index contributed by atoms with van der Waals surface area (Å²) in [4.78, 5) is 5.91. The van der Waals surface area contributed by atoms with Crippen molar-refractivity contribution in [3.63, 3.8) is 0 Å². The fourth-order valence-corrected chi connectivity index (χ4v) is 3.69. The summed E-state index contributed by atoms with van der Waals surface area (Å²) in [5.74, 6) is 0.981. The number of aromatic nitrogens is 1. The third-order valence-electron chi connectivity index (χ3n) is 3.78. The molecule has 1 aromatic heterocycles. The highest BCUT2D eigenvalue weighted by molar-refractivity contribution is 7.11. The smallest absolute Gasteiger partial charge is 0.0900 e. The van der Waals surface area contributed by atoms with E-state index in [0.29, 0.717) is 12.1 Å². The van der Waals surface area contributed by atoms with Crippen molar-refractivity contribution in [3.8, 4) is 0 Å². The van der Waals surface area contributed by atoms with Crippen molar-refractivity contribution in [1.82, 2.24) is 10.3 Å². The van der Waals surface area contributed by atoms with Crippen LogP contribution in [0.2, 0.25) is 0 Å². The van der Waals surface area contributed by atoms with Crippen molar-refractivity contribution < 1.29 is 0 Å². The molecule has 0 aromatic carbocycles. The summed E-state index contributed by atoms with van der Waals surface area (Å²) in [7, 11) is 0. The van der Waals surface area contributed by atoms with Crippen LogP contribution in [0.25, 0.3) is 0 Å². The molecule has 1 N–H and O–H groups in total. The molecule has 0 spiro atoms. The second-order valence-electron chi connectivity index (χ2n) is 5.50. The largest absolute Gasteiger partial charge is 0.307 e. The van der Waals surface area contributed by atoms with Crippen LogP contribution in [0.5, 0.6) is 0 Å². The zero-order valence-corrected chi connectivity index (χ0v) is 12.2. The number of hydrogen-bond donors (Lipinski definition) is 1. The van der Waals surface area contributed by atoms with E-state index in [1.165, 1.54) is 41.3 Å². The molecule has 2 unspecified atom stereocenters. The summed E-state index contributed by atoms with van der Waals surface area (Å²) >= 11 is 1.83. The summed E-state index contributed by atoms with van der Waals surface area (Å²) in [6.45, 7) is 8.79. The van der Waals surface area contributed by atoms with Crippen molar-refractivity contribution >= 4 is 11.3 Å². The third kappa shape index (κ3) is 3.29. The summed E-state index contributed by atoms with van der Waals surface area (Å²) < 4.78 is 0. The van der Waals surface area contributed by atoms with Crippen molar-refractivity contribution in [1.29, 1.82) is 0 Å². The summed E-state index contributed by atoms with van der Waals surface area (Å²) in [6, 6.07) is 1.06. The summed E-state index contributed by atoms with van der Waals surface area (Å²) in [6.07, 6.45) is 5.67. The summed E-state index contributed by atoms with van der Waals surface area (Å²) in [5.41, 5.74) is 1.20. The fourth-order valence-electron chi connectivity index (χ4n) is 2.75. The molecular formula is C14H24N2S. The van der Waals surface area contributed by atoms with E-state index in [1.807, 2.05) is 11.3 Å². The highest BCUT2D eigenvalue weighted by Crippen LogP contribution is 2.31. The van der Waals surface area contributed by atoms with Crippen molar-refractivity contribution in [3.05, 3.63) is 15.6 Å². The molecule has 0 saturated heterocycles. The maximum Gasteiger partial charge on any atom is 0.0900 e. The van der Waals surface area contributed by atoms with Gasteiger partial charge in [0.05, 0.1) is 10.7 Å². The molecule has 2 rings (SSSR count). The molecule has 1 heterocycles. The second kappa shape index (κ2) is 5.49. The van der Waals surface area contributed by atoms with Crippen LogP contribution in [0, 0.1) is 19.8 Å². The number of nitrogens with one attached hydrogen (secondary N) is 1. The summed E-state index contributed by atoms with van der Waals surface area (Å²) in [5, 5.41) is 4.90. The maximum absolute atomic E-state index is 4.51. The van der Waals surface area contributed by atoms with E-state index in [-0.39, 0.29) is 0 Å². The average molecular weight is 252 g/mol. The van der Waals surface area contributed by atoms with Gasteiger partial charge in [-0.25, -0.2) is 4.98 Å². The Morgan fingerprint density at radius 2 is 2.06 bits per heavy atom. The lowest BCUT2D eigenvalue weighted by molar-refractivity contribution is 0.260. The Bertz CT molecular complexity index is 368. The zero-order valence-electron chi connectivity index (χ0n) is 11.4. The van der Waals surface area contributed by atoms with Gasteiger partial charge in [0.25, 0.3) is 0 Å². The van der Waals surface area contributed by atoms with E-state index in [0.717, 1.165) is 5.92 Å². The van der Waals surface area contributed by atoms with E-state index >= 15 is 0 Å². The minimum absolute atomic E-state index is 0.441. The van der Waals surface area contributed by atoms with Crippen LogP contribution in [0.1, 0.15) is 61.2 Å². The molecule has 0 radical (unpaired) electrons. The molecule has 1 aromatic rings. The molecule has 0 amide bonds. The van der Waals surface area contributed by atoms with Crippen LogP contribution < -0.4 is 5.32 Å². The van der Waals surface area contributed by atoms with Crippen LogP contribution in [0.15, 0.2) is 0 Å². The molecule has 0 aliphatic heterocycles. The second-order valence-corrected chi connectivity index (χ2v) is 6.74. The highest BCUT2D eigenvalue weighted by atomic mass is 32.1. The molecule has 17 heavy (non-hydrogen) atoms. The molecule has 1 saturated carbocycles. The number of hydrogen-bond acceptors (Lipinski definition) is 3. The van der Waals surface area contributed by atoms with E-state index in [1.54, 1.807) is 0 Å². The molecule has 1 aliphatic rings. The Morgan fingerprint density at radius 3 is 2.53 bits per heavy atom. The Morgan fingerprint density at radius 1 is 1.35 bits per heavy atom. The van der Waals surface area contributed by atoms with Gasteiger partial charge in [-0.3, -0.25) is 0 Å². The molecule has 2 nitrogen and oxygen atoms in total. The van der Waals surface area contributed by atoms with Crippen LogP contribution >= 0.6 is 11.3 Å². The first-order valence-corrected chi connectivity index (χ1v) is 7.58. The zero-order chi connectivity index (χ0) is 12.4. The van der Waals surface area contributed by atoms with Crippen LogP contribution in [-0.4, -0.2) is 11.0 Å². The molecule has 1 aliphatic carbocycles. The van der Waals surface area contributed by atoms with Crippen molar-refractivity contribution in [2.24, 2.45) is 5.92 Å². The number of thiazole rings is 1. The Labute approximate surface area is 109 Å². The minimum atomic E-state index is 0.441. The Balaban J connectivity index is 1.86. The van der Waals surface area contributed by atoms with Gasteiger partial charge >= 0.3 is 0 Å². The van der Waals surface area contributed by atoms with Crippen LogP contribution in [-0.2, 0) is 0 Å². The normalized spacial score (nSPS) is 20.0. The first-order chi connectivity index (χ1) is 8.06. The molecule has 3 heteroatoms. The van der Waals surface area contributed by atoms with E-state index in [9.17, 15) is 0 Å². The highest BCUT2D eigenvalue weighted by Gasteiger charge is 2.21. The van der Waals surface area contributed by atoms with Gasteiger partial charge in [0.1, 0.15) is 0 Å². The van der Waals surface area contributed by atoms with E-state index in [4.69, 9.17) is 0 Å². The number of rotatable bonds is 5. The Kier molecular flexibility index (Phi) is 4.21. The number of nitrogens with zero attached hydrogens (tertiary/aromatic N) is 1. The number of aryl methyl sites for hydroxylation is 2. The van der Waals surface area contributed by atoms with Gasteiger partial charge in [0.2, 0.25) is 0 Å². The van der Waals surface area contributed by atoms with Crippen LogP contribution in [0.4, 0.5) is 0 Å². The quantitative estimate of drug-likeness (QED) is 0.857. The van der Waals surface area contributed by atoms with E-state index < -0.39 is 0 Å². The van der Waals surface area contributed by atoms with Gasteiger partial charge < -0.3 is 5.32 Å². The predicted octanol–water partition coefficient (Wildman–Crippen LogP) is 3.99. The molecule has 1 fully saturated rings. The first kappa shape index (κ1) is 13.0. The molecule has 2 atom stereocenters. The average Bonchev–Trinajstić information content (AvgIpc) is 2.52. The lowest BCUT2D eigenvalue weighted by Gasteiger charge is -2.29. The Hall–Kier alpha value is -0.410. The fraction of sp³-hybridized carbons (Fsp3) is 0.786. The van der Waals surface area contributed by atoms with Crippen LogP contribution in [0.3, 0.4) is 0 Å². The maximum atomic E-state index is 4.51. The van der Waals surface area contributed by atoms with Crippen molar-refractivity contribution in [2.75, 3.05) is 0 Å². The molecule has 0 bridgehead atoms. The monoisotopic (exact) mass is 252 g/mol. The van der Waals surface area contributed by atoms with E-state index in [2.05, 4.69) is 38.0 Å². The third-order valence-corrected chi connectivity index (χ3v) is 5.03. The standard InChI is InChI=1S/C14H24N2S/c1-9(8-13-6-5-7-13)15-10(2)14-11(3)16-12(4)17-14/h9-10,13,15H,5-8H2,1-4H3. The van der Waals surface area contributed by atoms with Gasteiger partial charge in [0, 0.05) is 17.0 Å². The topological polar surface area (TPSA) is 24.9 Å². The van der Waals surface area contributed by atoms with Gasteiger partial charge in [-0.05, 0) is 40.0 Å². The lowest BCUT2D eigenvalue weighted by atomic mass is 9.81. The predicted molar refractivity (Wildman–Crippen MR) is 74.6 cm³/mol. The first-order valence-electron chi connectivity index (χ1n) is 6.76. The van der Waals surface area contributed by atoms with Gasteiger partial charge in [-0.15, -0.1) is 11.3 Å². The molecular weight excluding hydrogens is 228 g/mol. The lowest BCUT2D eigenvalue weighted by Crippen LogP contribution is -2.32. The van der Waals surface area contributed by atoms with Gasteiger partial charge in [-0.1, -0.05) is 19.3 Å².